The molecule has 1 N–H and O–H groups in total. The van der Waals surface area contributed by atoms with Crippen LogP contribution in [0.25, 0.3) is 6.08 Å². The average Bonchev–Trinajstić information content (AvgIpc) is 2.12. The van der Waals surface area contributed by atoms with Crippen molar-refractivity contribution in [3.05, 3.63) is 40.4 Å². The van der Waals surface area contributed by atoms with E-state index < -0.39 is 5.97 Å². The van der Waals surface area contributed by atoms with Crippen molar-refractivity contribution in [2.24, 2.45) is 0 Å². The van der Waals surface area contributed by atoms with Crippen molar-refractivity contribution in [1.82, 2.24) is 0 Å². The molecule has 14 heavy (non-hydrogen) atoms. The molecule has 0 aliphatic carbocycles. The normalized spacial score (nSPS) is 10.7. The van der Waals surface area contributed by atoms with Crippen LogP contribution in [0.15, 0.2) is 24.3 Å². The van der Waals surface area contributed by atoms with Crippen LogP contribution in [0.3, 0.4) is 0 Å². The van der Waals surface area contributed by atoms with E-state index in [1.165, 1.54) is 0 Å². The molecule has 0 aliphatic heterocycles. The van der Waals surface area contributed by atoms with Crippen molar-refractivity contribution >= 4 is 23.6 Å². The third kappa shape index (κ3) is 2.89. The smallest absolute Gasteiger partial charge is 0.307 e. The van der Waals surface area contributed by atoms with Gasteiger partial charge in [-0.25, -0.2) is 0 Å². The molecule has 1 aromatic rings. The minimum Gasteiger partial charge on any atom is -0.481 e. The Morgan fingerprint density at radius 3 is 2.93 bits per heavy atom. The van der Waals surface area contributed by atoms with Crippen LogP contribution in [-0.2, 0) is 4.79 Å². The van der Waals surface area contributed by atoms with E-state index in [1.54, 1.807) is 12.2 Å². The molecule has 74 valence electrons. The van der Waals surface area contributed by atoms with Crippen molar-refractivity contribution in [3.63, 3.8) is 0 Å². The van der Waals surface area contributed by atoms with Gasteiger partial charge in [0.05, 0.1) is 11.4 Å². The third-order valence-corrected chi connectivity index (χ3v) is 2.33. The van der Waals surface area contributed by atoms with Gasteiger partial charge in [0.2, 0.25) is 0 Å². The summed E-state index contributed by atoms with van der Waals surface area (Å²) in [6, 6.07) is 5.66. The Labute approximate surface area is 87.8 Å². The molecule has 2 nitrogen and oxygen atoms in total. The van der Waals surface area contributed by atoms with E-state index in [-0.39, 0.29) is 6.42 Å². The van der Waals surface area contributed by atoms with Gasteiger partial charge in [0, 0.05) is 0 Å². The Kier molecular flexibility index (Phi) is 3.72. The summed E-state index contributed by atoms with van der Waals surface area (Å²) in [5.74, 6) is -0.843. The van der Waals surface area contributed by atoms with E-state index in [2.05, 4.69) is 0 Å². The minimum atomic E-state index is -0.843. The van der Waals surface area contributed by atoms with Crippen LogP contribution in [0.4, 0.5) is 0 Å². The SMILES string of the molecule is Cc1cccc(C=CCC(=O)O)c1Cl. The van der Waals surface area contributed by atoms with Crippen molar-refractivity contribution in [2.45, 2.75) is 13.3 Å². The van der Waals surface area contributed by atoms with E-state index in [0.717, 1.165) is 11.1 Å². The zero-order valence-electron chi connectivity index (χ0n) is 7.83. The number of benzene rings is 1. The zero-order chi connectivity index (χ0) is 10.6. The lowest BCUT2D eigenvalue weighted by Gasteiger charge is -2.00. The molecule has 3 heteroatoms. The highest BCUT2D eigenvalue weighted by Crippen LogP contribution is 2.21. The lowest BCUT2D eigenvalue weighted by Crippen LogP contribution is -1.89. The van der Waals surface area contributed by atoms with Gasteiger partial charge >= 0.3 is 5.97 Å². The highest BCUT2D eigenvalue weighted by atomic mass is 35.5. The largest absolute Gasteiger partial charge is 0.481 e. The van der Waals surface area contributed by atoms with Crippen LogP contribution in [0.1, 0.15) is 17.5 Å². The van der Waals surface area contributed by atoms with Crippen LogP contribution < -0.4 is 0 Å². The third-order valence-electron chi connectivity index (χ3n) is 1.81. The summed E-state index contributed by atoms with van der Waals surface area (Å²) in [6.07, 6.45) is 3.33. The summed E-state index contributed by atoms with van der Waals surface area (Å²) in [5.41, 5.74) is 1.84. The molecule has 0 amide bonds. The van der Waals surface area contributed by atoms with Crippen LogP contribution in [0.2, 0.25) is 5.02 Å². The first kappa shape index (κ1) is 10.8. The lowest BCUT2D eigenvalue weighted by atomic mass is 10.1. The fourth-order valence-corrected chi connectivity index (χ4v) is 1.27. The number of rotatable bonds is 3. The number of carboxylic acid groups (broad SMARTS) is 1. The predicted molar refractivity (Wildman–Crippen MR) is 57.5 cm³/mol. The van der Waals surface area contributed by atoms with Crippen molar-refractivity contribution in [3.8, 4) is 0 Å². The summed E-state index contributed by atoms with van der Waals surface area (Å²) >= 11 is 6.01. The van der Waals surface area contributed by atoms with E-state index >= 15 is 0 Å². The molecular weight excluding hydrogens is 200 g/mol. The number of hydrogen-bond donors (Lipinski definition) is 1. The fraction of sp³-hybridized carbons (Fsp3) is 0.182. The van der Waals surface area contributed by atoms with Crippen molar-refractivity contribution in [2.75, 3.05) is 0 Å². The predicted octanol–water partition coefficient (Wildman–Crippen LogP) is 3.14. The number of carboxylic acids is 1. The van der Waals surface area contributed by atoms with E-state index in [0.29, 0.717) is 5.02 Å². The summed E-state index contributed by atoms with van der Waals surface area (Å²) in [4.78, 5) is 10.3. The standard InChI is InChI=1S/C11H11ClO2/c1-8-4-2-5-9(11(8)12)6-3-7-10(13)14/h2-6H,7H2,1H3,(H,13,14). The molecule has 0 unspecified atom stereocenters. The summed E-state index contributed by atoms with van der Waals surface area (Å²) in [6.45, 7) is 1.91. The molecule has 1 rings (SSSR count). The molecule has 0 bridgehead atoms. The van der Waals surface area contributed by atoms with Gasteiger partial charge in [-0.1, -0.05) is 42.0 Å². The van der Waals surface area contributed by atoms with E-state index in [1.807, 2.05) is 25.1 Å². The molecule has 1 aromatic carbocycles. The Balaban J connectivity index is 2.81. The van der Waals surface area contributed by atoms with Gasteiger partial charge in [-0.3, -0.25) is 4.79 Å². The monoisotopic (exact) mass is 210 g/mol. The molecule has 0 aromatic heterocycles. The van der Waals surface area contributed by atoms with Crippen LogP contribution in [0.5, 0.6) is 0 Å². The number of aliphatic carboxylic acids is 1. The average molecular weight is 211 g/mol. The van der Waals surface area contributed by atoms with Crippen LogP contribution >= 0.6 is 11.6 Å². The lowest BCUT2D eigenvalue weighted by molar-refractivity contribution is -0.135. The second-order valence-corrected chi connectivity index (χ2v) is 3.36. The zero-order valence-corrected chi connectivity index (χ0v) is 8.58. The quantitative estimate of drug-likeness (QED) is 0.832. The Morgan fingerprint density at radius 2 is 2.29 bits per heavy atom. The van der Waals surface area contributed by atoms with Gasteiger partial charge in [-0.2, -0.15) is 0 Å². The maximum Gasteiger partial charge on any atom is 0.307 e. The second-order valence-electron chi connectivity index (χ2n) is 2.98. The maximum atomic E-state index is 10.3. The van der Waals surface area contributed by atoms with E-state index in [4.69, 9.17) is 16.7 Å². The molecule has 0 saturated heterocycles. The van der Waals surface area contributed by atoms with Gasteiger partial charge in [-0.15, -0.1) is 0 Å². The highest BCUT2D eigenvalue weighted by molar-refractivity contribution is 6.32. The molecule has 0 saturated carbocycles. The Hall–Kier alpha value is -1.28. The molecule has 0 fully saturated rings. The first-order valence-corrected chi connectivity index (χ1v) is 4.62. The van der Waals surface area contributed by atoms with Crippen molar-refractivity contribution in [1.29, 1.82) is 0 Å². The summed E-state index contributed by atoms with van der Waals surface area (Å²) in [7, 11) is 0. The number of aryl methyl sites for hydroxylation is 1. The summed E-state index contributed by atoms with van der Waals surface area (Å²) < 4.78 is 0. The highest BCUT2D eigenvalue weighted by Gasteiger charge is 1.98. The second kappa shape index (κ2) is 4.82. The van der Waals surface area contributed by atoms with Crippen LogP contribution in [0, 0.1) is 6.92 Å². The van der Waals surface area contributed by atoms with Gasteiger partial charge in [0.1, 0.15) is 0 Å². The molecular formula is C11H11ClO2. The molecule has 0 heterocycles. The number of halogens is 1. The minimum absolute atomic E-state index is 0.0181. The van der Waals surface area contributed by atoms with Gasteiger partial charge in [-0.05, 0) is 18.1 Å². The number of hydrogen-bond acceptors (Lipinski definition) is 1. The Morgan fingerprint density at radius 1 is 1.57 bits per heavy atom. The maximum absolute atomic E-state index is 10.3. The number of carbonyl (C=O) groups is 1. The molecule has 0 radical (unpaired) electrons. The molecule has 0 spiro atoms. The van der Waals surface area contributed by atoms with Crippen molar-refractivity contribution < 1.29 is 9.90 Å². The van der Waals surface area contributed by atoms with Gasteiger partial charge in [0.15, 0.2) is 0 Å². The topological polar surface area (TPSA) is 37.3 Å². The van der Waals surface area contributed by atoms with Gasteiger partial charge < -0.3 is 5.11 Å². The molecule has 0 aliphatic rings. The molecule has 0 atom stereocenters. The van der Waals surface area contributed by atoms with Gasteiger partial charge in [0.25, 0.3) is 0 Å². The fourth-order valence-electron chi connectivity index (χ4n) is 1.09. The summed E-state index contributed by atoms with van der Waals surface area (Å²) in [5, 5.41) is 9.11. The first-order chi connectivity index (χ1) is 6.61. The van der Waals surface area contributed by atoms with Crippen LogP contribution in [-0.4, -0.2) is 11.1 Å². The van der Waals surface area contributed by atoms with E-state index in [9.17, 15) is 4.79 Å². The first-order valence-electron chi connectivity index (χ1n) is 4.24. The Bertz CT molecular complexity index is 370.